The fourth-order valence-electron chi connectivity index (χ4n) is 1.92. The van der Waals surface area contributed by atoms with Crippen LogP contribution in [0.5, 0.6) is 0 Å². The zero-order valence-corrected chi connectivity index (χ0v) is 10.8. The van der Waals surface area contributed by atoms with Gasteiger partial charge in [0.05, 0.1) is 0 Å². The van der Waals surface area contributed by atoms with Gasteiger partial charge in [0.25, 0.3) is 0 Å². The van der Waals surface area contributed by atoms with E-state index in [1.165, 1.54) is 16.7 Å². The minimum absolute atomic E-state index is 0.115. The van der Waals surface area contributed by atoms with Crippen molar-refractivity contribution in [3.8, 4) is 0 Å². The van der Waals surface area contributed by atoms with E-state index in [-0.39, 0.29) is 6.04 Å². The molecule has 0 fully saturated rings. The average molecular weight is 221 g/mol. The minimum Gasteiger partial charge on any atom is -0.384 e. The van der Waals surface area contributed by atoms with Gasteiger partial charge in [-0.05, 0) is 42.9 Å². The number of methoxy groups -OCH3 is 1. The zero-order chi connectivity index (χ0) is 12.1. The summed E-state index contributed by atoms with van der Waals surface area (Å²) in [7, 11) is 1.73. The van der Waals surface area contributed by atoms with Crippen LogP contribution in [0.2, 0.25) is 0 Å². The largest absolute Gasteiger partial charge is 0.384 e. The quantitative estimate of drug-likeness (QED) is 0.829. The fourth-order valence-corrected chi connectivity index (χ4v) is 1.92. The van der Waals surface area contributed by atoms with E-state index in [1.807, 2.05) is 0 Å². The molecule has 2 unspecified atom stereocenters. The van der Waals surface area contributed by atoms with E-state index in [9.17, 15) is 0 Å². The summed E-state index contributed by atoms with van der Waals surface area (Å²) in [5.41, 5.74) is 10.1. The third kappa shape index (κ3) is 3.62. The van der Waals surface area contributed by atoms with Crippen LogP contribution in [-0.4, -0.2) is 13.7 Å². The lowest BCUT2D eigenvalue weighted by Crippen LogP contribution is -2.16. The molecule has 0 saturated heterocycles. The number of benzene rings is 1. The summed E-state index contributed by atoms with van der Waals surface area (Å²) in [6, 6.07) is 6.59. The van der Waals surface area contributed by atoms with E-state index in [4.69, 9.17) is 10.5 Å². The maximum atomic E-state index is 6.19. The van der Waals surface area contributed by atoms with E-state index in [2.05, 4.69) is 39.0 Å². The molecule has 1 aromatic rings. The fraction of sp³-hybridized carbons (Fsp3) is 0.571. The highest BCUT2D eigenvalue weighted by molar-refractivity contribution is 5.31. The van der Waals surface area contributed by atoms with Crippen molar-refractivity contribution >= 4 is 0 Å². The van der Waals surface area contributed by atoms with Crippen LogP contribution in [0.4, 0.5) is 0 Å². The molecule has 2 N–H and O–H groups in total. The Kier molecular flexibility index (Phi) is 4.97. The van der Waals surface area contributed by atoms with Crippen molar-refractivity contribution in [3.63, 3.8) is 0 Å². The summed E-state index contributed by atoms with van der Waals surface area (Å²) in [4.78, 5) is 0. The molecule has 0 bridgehead atoms. The first kappa shape index (κ1) is 13.2. The Morgan fingerprint density at radius 2 is 1.94 bits per heavy atom. The van der Waals surface area contributed by atoms with Crippen LogP contribution in [0.1, 0.15) is 36.1 Å². The van der Waals surface area contributed by atoms with Gasteiger partial charge in [-0.25, -0.2) is 0 Å². The highest BCUT2D eigenvalue weighted by atomic mass is 16.5. The van der Waals surface area contributed by atoms with E-state index < -0.39 is 0 Å². The Bertz CT molecular complexity index is 336. The van der Waals surface area contributed by atoms with Gasteiger partial charge in [0, 0.05) is 19.8 Å². The van der Waals surface area contributed by atoms with Crippen molar-refractivity contribution in [2.75, 3.05) is 13.7 Å². The third-order valence-electron chi connectivity index (χ3n) is 3.07. The lowest BCUT2D eigenvalue weighted by molar-refractivity contribution is 0.152. The van der Waals surface area contributed by atoms with Crippen LogP contribution in [0.3, 0.4) is 0 Å². The Morgan fingerprint density at radius 3 is 2.50 bits per heavy atom. The highest BCUT2D eigenvalue weighted by Crippen LogP contribution is 2.21. The molecule has 0 aliphatic rings. The van der Waals surface area contributed by atoms with Crippen LogP contribution in [0.25, 0.3) is 0 Å². The van der Waals surface area contributed by atoms with Gasteiger partial charge in [-0.1, -0.05) is 25.1 Å². The lowest BCUT2D eigenvalue weighted by atomic mass is 9.95. The van der Waals surface area contributed by atoms with Crippen molar-refractivity contribution in [1.82, 2.24) is 0 Å². The van der Waals surface area contributed by atoms with Crippen LogP contribution < -0.4 is 5.73 Å². The Labute approximate surface area is 98.8 Å². The summed E-state index contributed by atoms with van der Waals surface area (Å²) in [5.74, 6) is 0.501. The molecule has 2 nitrogen and oxygen atoms in total. The molecule has 0 amide bonds. The molecular formula is C14H23NO. The molecule has 0 saturated carbocycles. The normalized spacial score (nSPS) is 14.8. The van der Waals surface area contributed by atoms with Crippen molar-refractivity contribution < 1.29 is 4.74 Å². The van der Waals surface area contributed by atoms with Gasteiger partial charge in [0.2, 0.25) is 0 Å². The van der Waals surface area contributed by atoms with Crippen LogP contribution in [-0.2, 0) is 4.74 Å². The number of ether oxygens (including phenoxy) is 1. The number of nitrogens with two attached hydrogens (primary N) is 1. The number of hydrogen-bond donors (Lipinski definition) is 1. The predicted octanol–water partition coefficient (Wildman–Crippen LogP) is 2.98. The molecule has 0 radical (unpaired) electrons. The molecule has 1 aromatic carbocycles. The second-order valence-electron chi connectivity index (χ2n) is 4.75. The number of hydrogen-bond acceptors (Lipinski definition) is 2. The molecular weight excluding hydrogens is 198 g/mol. The van der Waals surface area contributed by atoms with E-state index in [1.54, 1.807) is 7.11 Å². The van der Waals surface area contributed by atoms with Gasteiger partial charge in [0.1, 0.15) is 0 Å². The summed E-state index contributed by atoms with van der Waals surface area (Å²) in [5, 5.41) is 0. The maximum absolute atomic E-state index is 6.19. The first-order chi connectivity index (χ1) is 7.54. The summed E-state index contributed by atoms with van der Waals surface area (Å²) in [6.45, 7) is 7.20. The van der Waals surface area contributed by atoms with Gasteiger partial charge in [-0.2, -0.15) is 0 Å². The van der Waals surface area contributed by atoms with E-state index in [0.717, 1.165) is 13.0 Å². The van der Waals surface area contributed by atoms with Crippen molar-refractivity contribution in [3.05, 3.63) is 34.9 Å². The number of rotatable bonds is 5. The second-order valence-corrected chi connectivity index (χ2v) is 4.75. The lowest BCUT2D eigenvalue weighted by Gasteiger charge is -2.17. The molecule has 2 atom stereocenters. The summed E-state index contributed by atoms with van der Waals surface area (Å²) >= 11 is 0. The Balaban J connectivity index is 2.65. The van der Waals surface area contributed by atoms with Gasteiger partial charge < -0.3 is 10.5 Å². The molecule has 16 heavy (non-hydrogen) atoms. The molecule has 0 heterocycles. The van der Waals surface area contributed by atoms with Crippen molar-refractivity contribution in [2.24, 2.45) is 11.7 Å². The smallest absolute Gasteiger partial charge is 0.0488 e. The summed E-state index contributed by atoms with van der Waals surface area (Å²) in [6.07, 6.45) is 0.969. The predicted molar refractivity (Wildman–Crippen MR) is 68.5 cm³/mol. The molecule has 2 heteroatoms. The van der Waals surface area contributed by atoms with Gasteiger partial charge in [0.15, 0.2) is 0 Å². The first-order valence-corrected chi connectivity index (χ1v) is 5.86. The van der Waals surface area contributed by atoms with Gasteiger partial charge in [-0.3, -0.25) is 0 Å². The molecule has 1 rings (SSSR count). The SMILES string of the molecule is COCC(C)CC(N)c1ccc(C)c(C)c1. The van der Waals surface area contributed by atoms with E-state index >= 15 is 0 Å². The van der Waals surface area contributed by atoms with Crippen molar-refractivity contribution in [1.29, 1.82) is 0 Å². The summed E-state index contributed by atoms with van der Waals surface area (Å²) < 4.78 is 5.13. The van der Waals surface area contributed by atoms with Crippen LogP contribution in [0, 0.1) is 19.8 Å². The van der Waals surface area contributed by atoms with Crippen LogP contribution >= 0.6 is 0 Å². The second kappa shape index (κ2) is 6.02. The average Bonchev–Trinajstić information content (AvgIpc) is 2.22. The number of aryl methyl sites for hydroxylation is 2. The Hall–Kier alpha value is -0.860. The zero-order valence-electron chi connectivity index (χ0n) is 10.8. The third-order valence-corrected chi connectivity index (χ3v) is 3.07. The Morgan fingerprint density at radius 1 is 1.25 bits per heavy atom. The first-order valence-electron chi connectivity index (χ1n) is 5.86. The van der Waals surface area contributed by atoms with Crippen LogP contribution in [0.15, 0.2) is 18.2 Å². The topological polar surface area (TPSA) is 35.2 Å². The molecule has 0 aromatic heterocycles. The highest BCUT2D eigenvalue weighted by Gasteiger charge is 2.11. The minimum atomic E-state index is 0.115. The monoisotopic (exact) mass is 221 g/mol. The molecule has 0 aliphatic carbocycles. The molecule has 0 aliphatic heterocycles. The van der Waals surface area contributed by atoms with Gasteiger partial charge >= 0.3 is 0 Å². The standard InChI is InChI=1S/C14H23NO/c1-10(9-16-4)7-14(15)13-6-5-11(2)12(3)8-13/h5-6,8,10,14H,7,9,15H2,1-4H3. The molecule has 0 spiro atoms. The maximum Gasteiger partial charge on any atom is 0.0488 e. The van der Waals surface area contributed by atoms with Crippen molar-refractivity contribution in [2.45, 2.75) is 33.2 Å². The van der Waals surface area contributed by atoms with Gasteiger partial charge in [-0.15, -0.1) is 0 Å². The van der Waals surface area contributed by atoms with E-state index in [0.29, 0.717) is 5.92 Å². The molecule has 90 valence electrons.